The normalized spacial score (nSPS) is 11.6. The Morgan fingerprint density at radius 1 is 0.912 bits per heavy atom. The lowest BCUT2D eigenvalue weighted by molar-refractivity contribution is 0.211. The van der Waals surface area contributed by atoms with Crippen molar-refractivity contribution in [2.45, 2.75) is 4.90 Å². The highest BCUT2D eigenvalue weighted by atomic mass is 35.5. The minimum absolute atomic E-state index is 0.0241. The molecule has 0 atom stereocenters. The number of hydrogen-bond donors (Lipinski definition) is 0. The van der Waals surface area contributed by atoms with Gasteiger partial charge >= 0.3 is 11.0 Å². The molecule has 0 radical (unpaired) electrons. The lowest BCUT2D eigenvalue weighted by Gasteiger charge is -2.23. The molecular formula is C24H14ClNO6S2. The van der Waals surface area contributed by atoms with Gasteiger partial charge in [0.25, 0.3) is 10.0 Å². The number of nitrogens with zero attached hydrogens (tertiary/aromatic N) is 1. The van der Waals surface area contributed by atoms with Crippen LogP contribution in [0.5, 0.6) is 5.75 Å². The number of rotatable bonds is 4. The molecular weight excluding hydrogens is 498 g/mol. The Morgan fingerprint density at radius 2 is 1.56 bits per heavy atom. The van der Waals surface area contributed by atoms with E-state index >= 15 is 0 Å². The van der Waals surface area contributed by atoms with Crippen molar-refractivity contribution < 1.29 is 22.4 Å². The lowest BCUT2D eigenvalue weighted by Crippen LogP contribution is -2.39. The molecule has 34 heavy (non-hydrogen) atoms. The van der Waals surface area contributed by atoms with Gasteiger partial charge in [0.05, 0.1) is 15.3 Å². The average Bonchev–Trinajstić information content (AvgIpc) is 3.20. The van der Waals surface area contributed by atoms with Gasteiger partial charge in [-0.25, -0.2) is 18.0 Å². The summed E-state index contributed by atoms with van der Waals surface area (Å²) in [5, 5.41) is 1.21. The molecule has 0 saturated carbocycles. The van der Waals surface area contributed by atoms with Crippen molar-refractivity contribution in [2.24, 2.45) is 0 Å². The number of halogens is 1. The molecule has 1 amide bonds. The highest BCUT2D eigenvalue weighted by Gasteiger charge is 2.35. The first-order valence-corrected chi connectivity index (χ1v) is 12.5. The SMILES string of the molecule is O=C(Oc1ccccc1)N(c1cc2sc(=O)oc2c2ccccc12)S(=O)(=O)c1ccc(Cl)cc1. The number of hydrogen-bond acceptors (Lipinski definition) is 7. The predicted octanol–water partition coefficient (Wildman–Crippen LogP) is 6.06. The predicted molar refractivity (Wildman–Crippen MR) is 131 cm³/mol. The van der Waals surface area contributed by atoms with Crippen LogP contribution in [0, 0.1) is 0 Å². The monoisotopic (exact) mass is 511 g/mol. The highest BCUT2D eigenvalue weighted by Crippen LogP contribution is 2.38. The van der Waals surface area contributed by atoms with Gasteiger partial charge in [-0.1, -0.05) is 65.4 Å². The van der Waals surface area contributed by atoms with Crippen molar-refractivity contribution >= 4 is 65.8 Å². The van der Waals surface area contributed by atoms with Crippen molar-refractivity contribution in [3.8, 4) is 5.75 Å². The first-order valence-electron chi connectivity index (χ1n) is 9.88. The zero-order chi connectivity index (χ0) is 23.9. The third kappa shape index (κ3) is 3.94. The van der Waals surface area contributed by atoms with E-state index in [4.69, 9.17) is 20.8 Å². The quantitative estimate of drug-likeness (QED) is 0.291. The Balaban J connectivity index is 1.77. The molecule has 10 heteroatoms. The zero-order valence-corrected chi connectivity index (χ0v) is 19.6. The van der Waals surface area contributed by atoms with E-state index in [9.17, 15) is 18.0 Å². The second kappa shape index (κ2) is 8.60. The average molecular weight is 512 g/mol. The molecule has 4 aromatic carbocycles. The number of sulfonamides is 1. The van der Waals surface area contributed by atoms with Gasteiger partial charge in [0.2, 0.25) is 0 Å². The number of carbonyl (C=O) groups excluding carboxylic acids is 1. The number of benzene rings is 4. The van der Waals surface area contributed by atoms with Crippen LogP contribution >= 0.6 is 22.9 Å². The third-order valence-corrected chi connectivity index (χ3v) is 7.72. The molecule has 0 bridgehead atoms. The number of ether oxygens (including phenoxy) is 1. The minimum atomic E-state index is -4.45. The largest absolute Gasteiger partial charge is 0.434 e. The highest BCUT2D eigenvalue weighted by molar-refractivity contribution is 7.93. The summed E-state index contributed by atoms with van der Waals surface area (Å²) in [6.07, 6.45) is -1.14. The van der Waals surface area contributed by atoms with Crippen LogP contribution in [0.4, 0.5) is 10.5 Å². The summed E-state index contributed by atoms with van der Waals surface area (Å²) >= 11 is 6.74. The maximum atomic E-state index is 13.8. The lowest BCUT2D eigenvalue weighted by atomic mass is 10.1. The van der Waals surface area contributed by atoms with Gasteiger partial charge in [0.15, 0.2) is 5.58 Å². The Kier molecular flexibility index (Phi) is 5.60. The summed E-state index contributed by atoms with van der Waals surface area (Å²) in [4.78, 5) is 24.7. The van der Waals surface area contributed by atoms with E-state index in [1.165, 1.54) is 42.5 Å². The number of para-hydroxylation sites is 1. The zero-order valence-electron chi connectivity index (χ0n) is 17.2. The van der Waals surface area contributed by atoms with Gasteiger partial charge in [-0.15, -0.1) is 0 Å². The van der Waals surface area contributed by atoms with Gasteiger partial charge in [-0.2, -0.15) is 4.31 Å². The van der Waals surface area contributed by atoms with Crippen LogP contribution in [-0.4, -0.2) is 14.5 Å². The van der Waals surface area contributed by atoms with E-state index in [0.717, 1.165) is 11.3 Å². The van der Waals surface area contributed by atoms with Crippen LogP contribution in [0.15, 0.2) is 99.0 Å². The second-order valence-electron chi connectivity index (χ2n) is 7.13. The first kappa shape index (κ1) is 22.1. The Morgan fingerprint density at radius 3 is 2.26 bits per heavy atom. The van der Waals surface area contributed by atoms with Gasteiger partial charge in [-0.3, -0.25) is 0 Å². The summed E-state index contributed by atoms with van der Waals surface area (Å²) in [7, 11) is -4.45. The molecule has 0 spiro atoms. The molecule has 0 unspecified atom stereocenters. The van der Waals surface area contributed by atoms with Crippen LogP contribution in [0.2, 0.25) is 5.02 Å². The summed E-state index contributed by atoms with van der Waals surface area (Å²) in [6.45, 7) is 0. The van der Waals surface area contributed by atoms with E-state index < -0.39 is 21.1 Å². The fourth-order valence-corrected chi connectivity index (χ4v) is 5.70. The van der Waals surface area contributed by atoms with Crippen LogP contribution in [0.1, 0.15) is 0 Å². The van der Waals surface area contributed by atoms with Crippen LogP contribution in [0.25, 0.3) is 21.1 Å². The standard InChI is InChI=1S/C24H14ClNO6S2/c25-15-10-12-17(13-11-15)34(29,30)26(23(27)31-16-6-2-1-3-7-16)20-14-21-22(32-24(28)33-21)19-9-5-4-8-18(19)20/h1-14H. The Labute approximate surface area is 202 Å². The first-order chi connectivity index (χ1) is 16.3. The Hall–Kier alpha value is -3.66. The second-order valence-corrected chi connectivity index (χ2v) is 10.3. The van der Waals surface area contributed by atoms with E-state index in [0.29, 0.717) is 30.4 Å². The van der Waals surface area contributed by atoms with Gasteiger partial charge < -0.3 is 9.15 Å². The molecule has 0 N–H and O–H groups in total. The van der Waals surface area contributed by atoms with Crippen LogP contribution in [-0.2, 0) is 10.0 Å². The van der Waals surface area contributed by atoms with Gasteiger partial charge in [0.1, 0.15) is 5.75 Å². The van der Waals surface area contributed by atoms with Crippen LogP contribution in [0.3, 0.4) is 0 Å². The van der Waals surface area contributed by atoms with Gasteiger partial charge in [-0.05, 0) is 42.5 Å². The van der Waals surface area contributed by atoms with Crippen molar-refractivity contribution in [1.82, 2.24) is 0 Å². The van der Waals surface area contributed by atoms with Crippen molar-refractivity contribution in [1.29, 1.82) is 0 Å². The van der Waals surface area contributed by atoms with Gasteiger partial charge in [0, 0.05) is 15.8 Å². The molecule has 0 aliphatic rings. The molecule has 170 valence electrons. The molecule has 1 heterocycles. The fourth-order valence-electron chi connectivity index (χ4n) is 3.52. The molecule has 0 fully saturated rings. The molecule has 5 aromatic rings. The van der Waals surface area contributed by atoms with Crippen molar-refractivity contribution in [2.75, 3.05) is 4.31 Å². The van der Waals surface area contributed by atoms with E-state index in [2.05, 4.69) is 0 Å². The molecule has 7 nitrogen and oxygen atoms in total. The van der Waals surface area contributed by atoms with E-state index in [-0.39, 0.29) is 16.3 Å². The smallest absolute Gasteiger partial charge is 0.413 e. The minimum Gasteiger partial charge on any atom is -0.413 e. The molecule has 0 aliphatic heterocycles. The molecule has 1 aromatic heterocycles. The summed E-state index contributed by atoms with van der Waals surface area (Å²) in [5.74, 6) is 0.169. The van der Waals surface area contributed by atoms with Crippen molar-refractivity contribution in [3.63, 3.8) is 0 Å². The maximum Gasteiger partial charge on any atom is 0.434 e. The summed E-state index contributed by atoms with van der Waals surface area (Å²) < 4.78 is 39.3. The topological polar surface area (TPSA) is 93.9 Å². The number of anilines is 1. The fraction of sp³-hybridized carbons (Fsp3) is 0. The third-order valence-electron chi connectivity index (χ3n) is 5.00. The van der Waals surface area contributed by atoms with Crippen LogP contribution < -0.4 is 14.0 Å². The number of amides is 1. The number of carbonyl (C=O) groups is 1. The summed E-state index contributed by atoms with van der Waals surface area (Å²) in [6, 6.07) is 21.7. The maximum absolute atomic E-state index is 13.8. The van der Waals surface area contributed by atoms with E-state index in [1.54, 1.807) is 42.5 Å². The molecule has 0 aliphatic carbocycles. The molecule has 0 saturated heterocycles. The van der Waals surface area contributed by atoms with Crippen molar-refractivity contribution in [3.05, 3.63) is 99.7 Å². The molecule has 5 rings (SSSR count). The van der Waals surface area contributed by atoms with E-state index in [1.807, 2.05) is 0 Å². The summed E-state index contributed by atoms with van der Waals surface area (Å²) in [5.41, 5.74) is 0.339. The number of fused-ring (bicyclic) bond motifs is 3. The Bertz CT molecular complexity index is 1690.